The van der Waals surface area contributed by atoms with Gasteiger partial charge in [-0.2, -0.15) is 0 Å². The van der Waals surface area contributed by atoms with Crippen molar-refractivity contribution in [2.45, 2.75) is 4.90 Å². The van der Waals surface area contributed by atoms with Crippen molar-refractivity contribution in [3.63, 3.8) is 0 Å². The summed E-state index contributed by atoms with van der Waals surface area (Å²) in [5.41, 5.74) is 0. The lowest BCUT2D eigenvalue weighted by molar-refractivity contribution is 0.462. The third kappa shape index (κ3) is 2.32. The Balaban J connectivity index is 3.50. The van der Waals surface area contributed by atoms with Crippen LogP contribution in [0.1, 0.15) is 0 Å². The van der Waals surface area contributed by atoms with Crippen LogP contribution in [0.4, 0.5) is 4.39 Å². The highest BCUT2D eigenvalue weighted by Crippen LogP contribution is 2.30. The van der Waals surface area contributed by atoms with E-state index in [0.29, 0.717) is 6.07 Å². The van der Waals surface area contributed by atoms with Gasteiger partial charge in [0, 0.05) is 16.7 Å². The quantitative estimate of drug-likeness (QED) is 0.807. The minimum absolute atomic E-state index is 0.0631. The number of hydrogen-bond acceptors (Lipinski definition) is 3. The van der Waals surface area contributed by atoms with E-state index in [1.807, 2.05) is 0 Å². The molecule has 0 amide bonds. The van der Waals surface area contributed by atoms with Crippen molar-refractivity contribution in [1.29, 1.82) is 0 Å². The molecule has 0 aliphatic rings. The number of halogens is 3. The molecule has 1 N–H and O–H groups in total. The van der Waals surface area contributed by atoms with E-state index in [2.05, 4.69) is 15.9 Å². The fourth-order valence-electron chi connectivity index (χ4n) is 0.705. The monoisotopic (exact) mass is 288 g/mol. The molecule has 7 heteroatoms. The highest BCUT2D eigenvalue weighted by atomic mass is 79.9. The molecule has 0 aromatic heterocycles. The molecule has 0 unspecified atom stereocenters. The smallest absolute Gasteiger partial charge is 0.264 e. The first-order valence-corrected chi connectivity index (χ1v) is 6.05. The third-order valence-corrected chi connectivity index (χ3v) is 3.24. The predicted molar refractivity (Wildman–Crippen MR) is 48.8 cm³/mol. The number of hydrogen-bond donors (Lipinski definition) is 1. The summed E-state index contributed by atoms with van der Waals surface area (Å²) < 4.78 is 34.4. The summed E-state index contributed by atoms with van der Waals surface area (Å²) >= 11 is 2.83. The average molecular weight is 290 g/mol. The first-order chi connectivity index (χ1) is 5.82. The van der Waals surface area contributed by atoms with Crippen LogP contribution < -0.4 is 0 Å². The number of phenols is 1. The van der Waals surface area contributed by atoms with E-state index < -0.39 is 19.8 Å². The molecule has 0 aliphatic heterocycles. The Morgan fingerprint density at radius 2 is 2.00 bits per heavy atom. The van der Waals surface area contributed by atoms with Crippen LogP contribution in [0.3, 0.4) is 0 Å². The molecule has 13 heavy (non-hydrogen) atoms. The fourth-order valence-corrected chi connectivity index (χ4v) is 2.11. The zero-order chi connectivity index (χ0) is 10.2. The van der Waals surface area contributed by atoms with Crippen molar-refractivity contribution in [3.05, 3.63) is 22.4 Å². The van der Waals surface area contributed by atoms with Crippen LogP contribution in [-0.4, -0.2) is 13.5 Å². The van der Waals surface area contributed by atoms with E-state index in [0.717, 1.165) is 6.07 Å². The van der Waals surface area contributed by atoms with Gasteiger partial charge < -0.3 is 5.11 Å². The molecule has 0 aliphatic carbocycles. The molecule has 1 rings (SSSR count). The number of benzene rings is 1. The predicted octanol–water partition coefficient (Wildman–Crippen LogP) is 2.22. The van der Waals surface area contributed by atoms with Gasteiger partial charge in [0.15, 0.2) is 0 Å². The van der Waals surface area contributed by atoms with Gasteiger partial charge in [-0.3, -0.25) is 0 Å². The Morgan fingerprint density at radius 3 is 2.46 bits per heavy atom. The Kier molecular flexibility index (Phi) is 2.84. The molecule has 0 saturated heterocycles. The normalized spacial score (nSPS) is 11.6. The van der Waals surface area contributed by atoms with Crippen LogP contribution in [-0.2, 0) is 9.05 Å². The average Bonchev–Trinajstić information content (AvgIpc) is 1.94. The Hall–Kier alpha value is -0.330. The fraction of sp³-hybridized carbons (Fsp3) is 0. The van der Waals surface area contributed by atoms with Crippen LogP contribution in [0.2, 0.25) is 0 Å². The van der Waals surface area contributed by atoms with Crippen LogP contribution in [0.25, 0.3) is 0 Å². The summed E-state index contributed by atoms with van der Waals surface area (Å²) in [5.74, 6) is -1.47. The summed E-state index contributed by atoms with van der Waals surface area (Å²) in [6, 6.07) is 1.56. The molecular formula is C6H3BrClFO3S. The van der Waals surface area contributed by atoms with Crippen LogP contribution in [0.15, 0.2) is 21.5 Å². The molecule has 1 aromatic rings. The second-order valence-electron chi connectivity index (χ2n) is 2.17. The lowest BCUT2D eigenvalue weighted by atomic mass is 10.3. The van der Waals surface area contributed by atoms with Crippen molar-refractivity contribution < 1.29 is 17.9 Å². The summed E-state index contributed by atoms with van der Waals surface area (Å²) in [7, 11) is 0.801. The van der Waals surface area contributed by atoms with Crippen molar-refractivity contribution in [2.75, 3.05) is 0 Å². The maximum absolute atomic E-state index is 12.9. The minimum Gasteiger partial charge on any atom is -0.507 e. The van der Waals surface area contributed by atoms with Gasteiger partial charge in [-0.05, 0) is 22.0 Å². The highest BCUT2D eigenvalue weighted by molar-refractivity contribution is 9.10. The van der Waals surface area contributed by atoms with E-state index in [4.69, 9.17) is 15.8 Å². The molecule has 72 valence electrons. The lowest BCUT2D eigenvalue weighted by Crippen LogP contribution is -1.95. The highest BCUT2D eigenvalue weighted by Gasteiger charge is 2.18. The van der Waals surface area contributed by atoms with Crippen LogP contribution >= 0.6 is 26.6 Å². The zero-order valence-corrected chi connectivity index (χ0v) is 9.12. The van der Waals surface area contributed by atoms with Crippen molar-refractivity contribution in [1.82, 2.24) is 0 Å². The molecule has 0 saturated carbocycles. The minimum atomic E-state index is -4.12. The molecule has 0 heterocycles. The van der Waals surface area contributed by atoms with E-state index in [1.165, 1.54) is 0 Å². The van der Waals surface area contributed by atoms with E-state index in [-0.39, 0.29) is 10.2 Å². The van der Waals surface area contributed by atoms with Gasteiger partial charge in [-0.15, -0.1) is 0 Å². The summed E-state index contributed by atoms with van der Waals surface area (Å²) in [4.78, 5) is -0.668. The molecule has 1 aromatic carbocycles. The van der Waals surface area contributed by atoms with Gasteiger partial charge in [-0.1, -0.05) is 0 Å². The third-order valence-electron chi connectivity index (χ3n) is 1.26. The molecule has 0 atom stereocenters. The van der Waals surface area contributed by atoms with Gasteiger partial charge >= 0.3 is 0 Å². The molecule has 0 bridgehead atoms. The summed E-state index contributed by atoms with van der Waals surface area (Å²) in [6.45, 7) is 0. The summed E-state index contributed by atoms with van der Waals surface area (Å²) in [5, 5.41) is 8.97. The SMILES string of the molecule is O=S(=O)(Cl)c1cc(Br)c(O)cc1F. The van der Waals surface area contributed by atoms with E-state index >= 15 is 0 Å². The van der Waals surface area contributed by atoms with Gasteiger partial charge in [-0.25, -0.2) is 12.8 Å². The van der Waals surface area contributed by atoms with Gasteiger partial charge in [0.05, 0.1) is 4.47 Å². The largest absolute Gasteiger partial charge is 0.507 e. The van der Waals surface area contributed by atoms with Crippen LogP contribution in [0.5, 0.6) is 5.75 Å². The van der Waals surface area contributed by atoms with Gasteiger partial charge in [0.1, 0.15) is 16.5 Å². The molecule has 0 radical (unpaired) electrons. The van der Waals surface area contributed by atoms with Gasteiger partial charge in [0.25, 0.3) is 9.05 Å². The maximum atomic E-state index is 12.9. The van der Waals surface area contributed by atoms with E-state index in [1.54, 1.807) is 0 Å². The summed E-state index contributed by atoms with van der Waals surface area (Å²) in [6.07, 6.45) is 0. The molecule has 0 spiro atoms. The van der Waals surface area contributed by atoms with Crippen molar-refractivity contribution in [3.8, 4) is 5.75 Å². The number of aromatic hydroxyl groups is 1. The number of phenolic OH excluding ortho intramolecular Hbond substituents is 1. The molecule has 3 nitrogen and oxygen atoms in total. The maximum Gasteiger partial charge on any atom is 0.264 e. The lowest BCUT2D eigenvalue weighted by Gasteiger charge is -2.01. The second kappa shape index (κ2) is 3.43. The Morgan fingerprint density at radius 1 is 1.46 bits per heavy atom. The standard InChI is InChI=1S/C6H3BrClFO3S/c7-3-1-6(13(8,11)12)4(9)2-5(3)10/h1-2,10H. The molecule has 0 fully saturated rings. The second-order valence-corrected chi connectivity index (χ2v) is 5.56. The first kappa shape index (κ1) is 10.7. The molecular weight excluding hydrogens is 286 g/mol. The Labute approximate surface area is 86.7 Å². The number of rotatable bonds is 1. The zero-order valence-electron chi connectivity index (χ0n) is 5.96. The van der Waals surface area contributed by atoms with E-state index in [9.17, 15) is 12.8 Å². The topological polar surface area (TPSA) is 54.4 Å². The van der Waals surface area contributed by atoms with Crippen molar-refractivity contribution in [2.24, 2.45) is 0 Å². The first-order valence-electron chi connectivity index (χ1n) is 2.95. The van der Waals surface area contributed by atoms with Crippen molar-refractivity contribution >= 4 is 35.7 Å². The van der Waals surface area contributed by atoms with Gasteiger partial charge in [0.2, 0.25) is 0 Å². The van der Waals surface area contributed by atoms with Crippen LogP contribution in [0, 0.1) is 5.82 Å². The Bertz CT molecular complexity index is 445.